The molecule has 0 radical (unpaired) electrons. The summed E-state index contributed by atoms with van der Waals surface area (Å²) in [5.41, 5.74) is 1.63. The summed E-state index contributed by atoms with van der Waals surface area (Å²) in [5, 5.41) is 20.9. The molecular formula is C23H20N4O4. The van der Waals surface area contributed by atoms with Gasteiger partial charge in [-0.15, -0.1) is 16.7 Å². The van der Waals surface area contributed by atoms with Gasteiger partial charge in [0.05, 0.1) is 19.2 Å². The fourth-order valence-electron chi connectivity index (χ4n) is 2.87. The van der Waals surface area contributed by atoms with E-state index in [2.05, 4.69) is 21.5 Å². The van der Waals surface area contributed by atoms with E-state index in [1.54, 1.807) is 61.7 Å². The van der Waals surface area contributed by atoms with Gasteiger partial charge in [0, 0.05) is 11.5 Å². The second kappa shape index (κ2) is 9.89. The van der Waals surface area contributed by atoms with E-state index >= 15 is 0 Å². The van der Waals surface area contributed by atoms with Gasteiger partial charge in [-0.05, 0) is 29.8 Å². The molecule has 1 aromatic heterocycles. The number of carbonyl (C=O) groups is 2. The molecule has 0 spiro atoms. The van der Waals surface area contributed by atoms with E-state index in [-0.39, 0.29) is 24.7 Å². The topological polar surface area (TPSA) is 105 Å². The number of hydrogen-bond acceptors (Lipinski definition) is 5. The molecule has 0 saturated carbocycles. The number of para-hydroxylation sites is 1. The molecule has 2 aromatic carbocycles. The monoisotopic (exact) mass is 416 g/mol. The number of methoxy groups -OCH3 is 1. The first-order valence-electron chi connectivity index (χ1n) is 9.31. The predicted octanol–water partition coefficient (Wildman–Crippen LogP) is 3.43. The summed E-state index contributed by atoms with van der Waals surface area (Å²) < 4.78 is 6.57. The number of aromatic nitrogens is 1. The third-order valence-corrected chi connectivity index (χ3v) is 4.39. The van der Waals surface area contributed by atoms with Crippen LogP contribution in [-0.4, -0.2) is 35.1 Å². The van der Waals surface area contributed by atoms with Gasteiger partial charge in [-0.3, -0.25) is 14.2 Å². The Morgan fingerprint density at radius 2 is 1.97 bits per heavy atom. The zero-order valence-corrected chi connectivity index (χ0v) is 16.8. The Labute approximate surface area is 178 Å². The van der Waals surface area contributed by atoms with Crippen LogP contribution in [-0.2, 0) is 16.1 Å². The molecule has 0 fully saturated rings. The Bertz CT molecular complexity index is 1200. The number of nitrogens with zero attached hydrogens (tertiary/aromatic N) is 3. The maximum atomic E-state index is 12.0. The lowest BCUT2D eigenvalue weighted by molar-refractivity contribution is -0.122. The van der Waals surface area contributed by atoms with Crippen LogP contribution >= 0.6 is 0 Å². The van der Waals surface area contributed by atoms with Gasteiger partial charge in [-0.25, -0.2) is 0 Å². The maximum absolute atomic E-state index is 12.0. The van der Waals surface area contributed by atoms with Gasteiger partial charge in [0.15, 0.2) is 5.69 Å². The number of carbonyl (C=O) groups excluding carboxylic acids is 2. The minimum Gasteiger partial charge on any atom is -0.497 e. The van der Waals surface area contributed by atoms with E-state index in [9.17, 15) is 14.7 Å². The van der Waals surface area contributed by atoms with Crippen molar-refractivity contribution < 1.29 is 19.4 Å². The fraction of sp³-hybridized carbons (Fsp3) is 0.130. The molecule has 0 bridgehead atoms. The van der Waals surface area contributed by atoms with Crippen molar-refractivity contribution in [3.63, 3.8) is 0 Å². The third-order valence-electron chi connectivity index (χ3n) is 4.39. The molecule has 3 aromatic rings. The van der Waals surface area contributed by atoms with E-state index in [1.165, 1.54) is 10.6 Å². The smallest absolute Gasteiger partial charge is 0.283 e. The van der Waals surface area contributed by atoms with Gasteiger partial charge in [0.2, 0.25) is 11.8 Å². The van der Waals surface area contributed by atoms with Crippen molar-refractivity contribution in [1.82, 2.24) is 9.88 Å². The van der Waals surface area contributed by atoms with Crippen molar-refractivity contribution >= 4 is 34.5 Å². The van der Waals surface area contributed by atoms with Gasteiger partial charge in [-0.1, -0.05) is 36.3 Å². The zero-order valence-electron chi connectivity index (χ0n) is 16.8. The minimum absolute atomic E-state index is 0.143. The summed E-state index contributed by atoms with van der Waals surface area (Å²) in [4.78, 5) is 23.9. The summed E-state index contributed by atoms with van der Waals surface area (Å²) in [7, 11) is 1.57. The standard InChI is InChI=1S/C23H20N4O4/c1-3-14-27-19-7-5-4-6-18(19)22(23(27)30)26-25-21(29)15-24-20(28)13-10-16-8-11-17(31-2)12-9-16/h1,4-13,30H,14-15H2,2H3,(H,24,28)/b13-10+,26-25?. The molecule has 2 N–H and O–H groups in total. The van der Waals surface area contributed by atoms with Crippen molar-refractivity contribution in [2.75, 3.05) is 13.7 Å². The van der Waals surface area contributed by atoms with E-state index in [0.717, 1.165) is 5.56 Å². The predicted molar refractivity (Wildman–Crippen MR) is 117 cm³/mol. The molecule has 3 rings (SSSR count). The third kappa shape index (κ3) is 5.16. The highest BCUT2D eigenvalue weighted by molar-refractivity contribution is 5.96. The number of amides is 2. The molecule has 0 aliphatic carbocycles. The quantitative estimate of drug-likeness (QED) is 0.350. The molecule has 0 aliphatic heterocycles. The lowest BCUT2D eigenvalue weighted by atomic mass is 10.2. The van der Waals surface area contributed by atoms with Crippen molar-refractivity contribution in [1.29, 1.82) is 0 Å². The first-order valence-corrected chi connectivity index (χ1v) is 9.31. The van der Waals surface area contributed by atoms with Crippen LogP contribution in [0.5, 0.6) is 11.6 Å². The summed E-state index contributed by atoms with van der Waals surface area (Å²) in [6, 6.07) is 14.2. The number of hydrogen-bond donors (Lipinski definition) is 2. The van der Waals surface area contributed by atoms with Crippen molar-refractivity contribution in [2.24, 2.45) is 10.2 Å². The summed E-state index contributed by atoms with van der Waals surface area (Å²) in [5.74, 6) is 1.88. The zero-order chi connectivity index (χ0) is 22.2. The summed E-state index contributed by atoms with van der Waals surface area (Å²) in [6.07, 6.45) is 8.27. The molecule has 2 amide bonds. The molecule has 8 heteroatoms. The van der Waals surface area contributed by atoms with Crippen LogP contribution in [0.1, 0.15) is 5.56 Å². The Hall–Kier alpha value is -4.38. The largest absolute Gasteiger partial charge is 0.497 e. The van der Waals surface area contributed by atoms with E-state index in [4.69, 9.17) is 11.2 Å². The molecule has 8 nitrogen and oxygen atoms in total. The van der Waals surface area contributed by atoms with Crippen LogP contribution in [0.15, 0.2) is 64.8 Å². The van der Waals surface area contributed by atoms with E-state index in [0.29, 0.717) is 16.7 Å². The van der Waals surface area contributed by atoms with E-state index < -0.39 is 11.8 Å². The highest BCUT2D eigenvalue weighted by Gasteiger charge is 2.16. The molecule has 0 aliphatic rings. The minimum atomic E-state index is -0.667. The van der Waals surface area contributed by atoms with Crippen LogP contribution in [0.3, 0.4) is 0 Å². The van der Waals surface area contributed by atoms with Gasteiger partial charge < -0.3 is 15.2 Å². The van der Waals surface area contributed by atoms with E-state index in [1.807, 2.05) is 0 Å². The number of azo groups is 1. The van der Waals surface area contributed by atoms with Gasteiger partial charge in [-0.2, -0.15) is 0 Å². The fourth-order valence-corrected chi connectivity index (χ4v) is 2.87. The molecule has 1 heterocycles. The Kier molecular flexibility index (Phi) is 6.81. The number of benzene rings is 2. The molecule has 0 saturated heterocycles. The molecule has 156 valence electrons. The number of fused-ring (bicyclic) bond motifs is 1. The Morgan fingerprint density at radius 1 is 1.23 bits per heavy atom. The molecule has 31 heavy (non-hydrogen) atoms. The van der Waals surface area contributed by atoms with Crippen molar-refractivity contribution in [2.45, 2.75) is 6.54 Å². The molecular weight excluding hydrogens is 396 g/mol. The lowest BCUT2D eigenvalue weighted by Gasteiger charge is -2.00. The Morgan fingerprint density at radius 3 is 2.68 bits per heavy atom. The number of ether oxygens (including phenoxy) is 1. The first kappa shape index (κ1) is 21.3. The average Bonchev–Trinajstić information content (AvgIpc) is 3.06. The van der Waals surface area contributed by atoms with Gasteiger partial charge >= 0.3 is 0 Å². The average molecular weight is 416 g/mol. The number of aromatic hydroxyl groups is 1. The second-order valence-electron chi connectivity index (χ2n) is 6.40. The van der Waals surface area contributed by atoms with Crippen LogP contribution in [0.2, 0.25) is 0 Å². The number of nitrogens with one attached hydrogen (secondary N) is 1. The van der Waals surface area contributed by atoms with Crippen LogP contribution in [0, 0.1) is 12.3 Å². The van der Waals surface area contributed by atoms with Crippen molar-refractivity contribution in [3.8, 4) is 24.0 Å². The van der Waals surface area contributed by atoms with Crippen molar-refractivity contribution in [3.05, 3.63) is 60.2 Å². The molecule has 0 unspecified atom stereocenters. The number of terminal acetylenes is 1. The second-order valence-corrected chi connectivity index (χ2v) is 6.40. The first-order chi connectivity index (χ1) is 15.0. The summed E-state index contributed by atoms with van der Waals surface area (Å²) in [6.45, 7) is -0.189. The van der Waals surface area contributed by atoms with Crippen LogP contribution in [0.25, 0.3) is 17.0 Å². The van der Waals surface area contributed by atoms with Gasteiger partial charge in [0.1, 0.15) is 12.3 Å². The van der Waals surface area contributed by atoms with Crippen LogP contribution < -0.4 is 10.1 Å². The van der Waals surface area contributed by atoms with Gasteiger partial charge in [0.25, 0.3) is 5.91 Å². The normalized spacial score (nSPS) is 11.1. The highest BCUT2D eigenvalue weighted by atomic mass is 16.5. The SMILES string of the molecule is C#CCn1c(O)c(N=NC(=O)CNC(=O)/C=C/c2ccc(OC)cc2)c2ccccc21. The van der Waals surface area contributed by atoms with Crippen LogP contribution in [0.4, 0.5) is 5.69 Å². The Balaban J connectivity index is 1.62. The number of rotatable bonds is 7. The maximum Gasteiger partial charge on any atom is 0.283 e. The highest BCUT2D eigenvalue weighted by Crippen LogP contribution is 2.38. The summed E-state index contributed by atoms with van der Waals surface area (Å²) >= 11 is 0. The lowest BCUT2D eigenvalue weighted by Crippen LogP contribution is -2.26. The molecule has 0 atom stereocenters.